The molecule has 1 aliphatic heterocycles. The Bertz CT molecular complexity index is 586. The van der Waals surface area contributed by atoms with Gasteiger partial charge in [0, 0.05) is 20.1 Å². The standard InChI is InChI=1S/C13H17FN2O3S/c1-15-13(17)10-3-2-8-16(9-10)20(18,19)12-6-4-11(14)5-7-12/h4-7,10H,2-3,8-9H2,1H3,(H,15,17)/t10-/m1/s1. The van der Waals surface area contributed by atoms with Gasteiger partial charge in [-0.25, -0.2) is 12.8 Å². The average molecular weight is 300 g/mol. The predicted molar refractivity (Wildman–Crippen MR) is 71.9 cm³/mol. The molecular formula is C13H17FN2O3S. The summed E-state index contributed by atoms with van der Waals surface area (Å²) in [6.07, 6.45) is 1.31. The quantitative estimate of drug-likeness (QED) is 0.904. The summed E-state index contributed by atoms with van der Waals surface area (Å²) in [6, 6.07) is 4.72. The summed E-state index contributed by atoms with van der Waals surface area (Å²) in [7, 11) is -2.13. The monoisotopic (exact) mass is 300 g/mol. The summed E-state index contributed by atoms with van der Waals surface area (Å²) in [6.45, 7) is 0.548. The lowest BCUT2D eigenvalue weighted by molar-refractivity contribution is -0.125. The number of halogens is 1. The number of amides is 1. The van der Waals surface area contributed by atoms with Crippen LogP contribution in [0.2, 0.25) is 0 Å². The first-order valence-corrected chi connectivity index (χ1v) is 7.86. The van der Waals surface area contributed by atoms with Crippen LogP contribution in [0.25, 0.3) is 0 Å². The molecule has 0 aliphatic carbocycles. The smallest absolute Gasteiger partial charge is 0.243 e. The number of piperidine rings is 1. The third-order valence-corrected chi connectivity index (χ3v) is 5.33. The highest BCUT2D eigenvalue weighted by molar-refractivity contribution is 7.89. The third-order valence-electron chi connectivity index (χ3n) is 3.45. The van der Waals surface area contributed by atoms with Gasteiger partial charge in [-0.1, -0.05) is 0 Å². The van der Waals surface area contributed by atoms with Crippen molar-refractivity contribution in [3.05, 3.63) is 30.1 Å². The molecule has 0 spiro atoms. The van der Waals surface area contributed by atoms with E-state index in [-0.39, 0.29) is 23.3 Å². The van der Waals surface area contributed by atoms with E-state index in [1.54, 1.807) is 0 Å². The van der Waals surface area contributed by atoms with Gasteiger partial charge in [-0.05, 0) is 37.1 Å². The van der Waals surface area contributed by atoms with Gasteiger partial charge in [-0.15, -0.1) is 0 Å². The lowest BCUT2D eigenvalue weighted by Gasteiger charge is -2.30. The van der Waals surface area contributed by atoms with E-state index in [0.29, 0.717) is 19.4 Å². The summed E-state index contributed by atoms with van der Waals surface area (Å²) < 4.78 is 39.0. The van der Waals surface area contributed by atoms with Crippen LogP contribution in [0.4, 0.5) is 4.39 Å². The van der Waals surface area contributed by atoms with E-state index in [9.17, 15) is 17.6 Å². The number of carbonyl (C=O) groups is 1. The Morgan fingerprint density at radius 1 is 1.35 bits per heavy atom. The second-order valence-electron chi connectivity index (χ2n) is 4.77. The lowest BCUT2D eigenvalue weighted by atomic mass is 9.99. The summed E-state index contributed by atoms with van der Waals surface area (Å²) >= 11 is 0. The van der Waals surface area contributed by atoms with Gasteiger partial charge in [-0.2, -0.15) is 4.31 Å². The normalized spacial score (nSPS) is 20.6. The SMILES string of the molecule is CNC(=O)[C@@H]1CCCN(S(=O)(=O)c2ccc(F)cc2)C1. The Balaban J connectivity index is 2.21. The van der Waals surface area contributed by atoms with Crippen molar-refractivity contribution < 1.29 is 17.6 Å². The number of benzene rings is 1. The van der Waals surface area contributed by atoms with E-state index in [0.717, 1.165) is 12.1 Å². The zero-order chi connectivity index (χ0) is 14.8. The van der Waals surface area contributed by atoms with Crippen molar-refractivity contribution in [1.29, 1.82) is 0 Å². The second-order valence-corrected chi connectivity index (χ2v) is 6.71. The van der Waals surface area contributed by atoms with Gasteiger partial charge in [-0.3, -0.25) is 4.79 Å². The van der Waals surface area contributed by atoms with Gasteiger partial charge in [0.1, 0.15) is 5.82 Å². The molecule has 0 unspecified atom stereocenters. The van der Waals surface area contributed by atoms with Gasteiger partial charge >= 0.3 is 0 Å². The van der Waals surface area contributed by atoms with E-state index in [2.05, 4.69) is 5.32 Å². The van der Waals surface area contributed by atoms with Gasteiger partial charge in [0.05, 0.1) is 10.8 Å². The molecule has 1 saturated heterocycles. The molecule has 1 N–H and O–H groups in total. The molecule has 1 aromatic rings. The molecule has 0 radical (unpaired) electrons. The van der Waals surface area contributed by atoms with E-state index < -0.39 is 15.8 Å². The number of hydrogen-bond acceptors (Lipinski definition) is 3. The van der Waals surface area contributed by atoms with Crippen LogP contribution < -0.4 is 5.32 Å². The fraction of sp³-hybridized carbons (Fsp3) is 0.462. The van der Waals surface area contributed by atoms with Crippen LogP contribution in [0.1, 0.15) is 12.8 Å². The first kappa shape index (κ1) is 14.9. The number of nitrogens with one attached hydrogen (secondary N) is 1. The van der Waals surface area contributed by atoms with E-state index in [1.165, 1.54) is 23.5 Å². The molecular weight excluding hydrogens is 283 g/mol. The van der Waals surface area contributed by atoms with Gasteiger partial charge in [0.15, 0.2) is 0 Å². The van der Waals surface area contributed by atoms with Crippen molar-refractivity contribution in [3.8, 4) is 0 Å². The number of hydrogen-bond donors (Lipinski definition) is 1. The Labute approximate surface area is 117 Å². The Hall–Kier alpha value is -1.47. The maximum atomic E-state index is 12.9. The van der Waals surface area contributed by atoms with Crippen LogP contribution in [0.3, 0.4) is 0 Å². The number of rotatable bonds is 3. The van der Waals surface area contributed by atoms with Crippen molar-refractivity contribution >= 4 is 15.9 Å². The summed E-state index contributed by atoms with van der Waals surface area (Å²) in [5.41, 5.74) is 0. The Morgan fingerprint density at radius 3 is 2.60 bits per heavy atom. The number of nitrogens with zero attached hydrogens (tertiary/aromatic N) is 1. The van der Waals surface area contributed by atoms with Crippen LogP contribution in [-0.2, 0) is 14.8 Å². The lowest BCUT2D eigenvalue weighted by Crippen LogP contribution is -2.44. The minimum atomic E-state index is -3.67. The average Bonchev–Trinajstić information content (AvgIpc) is 2.47. The molecule has 0 aromatic heterocycles. The van der Waals surface area contributed by atoms with Crippen molar-refractivity contribution in [2.75, 3.05) is 20.1 Å². The predicted octanol–water partition coefficient (Wildman–Crippen LogP) is 0.972. The van der Waals surface area contributed by atoms with Gasteiger partial charge in [0.25, 0.3) is 0 Å². The van der Waals surface area contributed by atoms with Crippen molar-refractivity contribution in [2.24, 2.45) is 5.92 Å². The fourth-order valence-electron chi connectivity index (χ4n) is 2.33. The van der Waals surface area contributed by atoms with Crippen LogP contribution >= 0.6 is 0 Å². The van der Waals surface area contributed by atoms with Crippen LogP contribution in [0, 0.1) is 11.7 Å². The highest BCUT2D eigenvalue weighted by atomic mass is 32.2. The highest BCUT2D eigenvalue weighted by Gasteiger charge is 2.32. The molecule has 1 aromatic carbocycles. The van der Waals surface area contributed by atoms with Crippen molar-refractivity contribution in [3.63, 3.8) is 0 Å². The van der Waals surface area contributed by atoms with Crippen LogP contribution in [0.15, 0.2) is 29.2 Å². The Kier molecular flexibility index (Phi) is 4.39. The molecule has 0 bridgehead atoms. The minimum absolute atomic E-state index is 0.0523. The molecule has 20 heavy (non-hydrogen) atoms. The zero-order valence-corrected chi connectivity index (χ0v) is 12.0. The maximum Gasteiger partial charge on any atom is 0.243 e. The second kappa shape index (κ2) is 5.88. The summed E-state index contributed by atoms with van der Waals surface area (Å²) in [5, 5.41) is 2.54. The first-order chi connectivity index (χ1) is 9.45. The molecule has 5 nitrogen and oxygen atoms in total. The largest absolute Gasteiger partial charge is 0.359 e. The van der Waals surface area contributed by atoms with Gasteiger partial charge in [0.2, 0.25) is 15.9 Å². The molecule has 1 fully saturated rings. The maximum absolute atomic E-state index is 12.9. The molecule has 1 atom stereocenters. The molecule has 1 amide bonds. The van der Waals surface area contributed by atoms with E-state index in [4.69, 9.17) is 0 Å². The first-order valence-electron chi connectivity index (χ1n) is 6.42. The topological polar surface area (TPSA) is 66.5 Å². The molecule has 7 heteroatoms. The minimum Gasteiger partial charge on any atom is -0.359 e. The third kappa shape index (κ3) is 2.99. The van der Waals surface area contributed by atoms with E-state index >= 15 is 0 Å². The number of sulfonamides is 1. The van der Waals surface area contributed by atoms with Crippen molar-refractivity contribution in [1.82, 2.24) is 9.62 Å². The highest BCUT2D eigenvalue weighted by Crippen LogP contribution is 2.23. The number of carbonyl (C=O) groups excluding carboxylic acids is 1. The van der Waals surface area contributed by atoms with E-state index in [1.807, 2.05) is 0 Å². The summed E-state index contributed by atoms with van der Waals surface area (Å²) in [5.74, 6) is -0.959. The fourth-order valence-corrected chi connectivity index (χ4v) is 3.86. The van der Waals surface area contributed by atoms with Crippen LogP contribution in [0.5, 0.6) is 0 Å². The molecule has 2 rings (SSSR count). The molecule has 110 valence electrons. The Morgan fingerprint density at radius 2 is 2.00 bits per heavy atom. The molecule has 1 aliphatic rings. The molecule has 0 saturated carbocycles. The zero-order valence-electron chi connectivity index (χ0n) is 11.2. The van der Waals surface area contributed by atoms with Crippen LogP contribution in [-0.4, -0.2) is 38.8 Å². The van der Waals surface area contributed by atoms with Gasteiger partial charge < -0.3 is 5.32 Å². The van der Waals surface area contributed by atoms with Crippen molar-refractivity contribution in [2.45, 2.75) is 17.7 Å². The summed E-state index contributed by atoms with van der Waals surface area (Å²) in [4.78, 5) is 11.7. The molecule has 1 heterocycles.